The zero-order valence-electron chi connectivity index (χ0n) is 17.0. The van der Waals surface area contributed by atoms with Crippen LogP contribution in [0.25, 0.3) is 21.1 Å². The minimum absolute atomic E-state index is 0.0486. The first-order valence-electron chi connectivity index (χ1n) is 9.71. The molecule has 3 N–H and O–H groups in total. The van der Waals surface area contributed by atoms with Gasteiger partial charge in [-0.15, -0.1) is 10.2 Å². The van der Waals surface area contributed by atoms with Gasteiger partial charge in [-0.1, -0.05) is 29.5 Å². The summed E-state index contributed by atoms with van der Waals surface area (Å²) in [5.41, 5.74) is 10.7. The van der Waals surface area contributed by atoms with E-state index < -0.39 is 10.0 Å². The Morgan fingerprint density at radius 1 is 1.20 bits per heavy atom. The maximum Gasteiger partial charge on any atom is 0.209 e. The van der Waals surface area contributed by atoms with Crippen molar-refractivity contribution in [2.24, 2.45) is 0 Å². The Bertz CT molecular complexity index is 1190. The van der Waals surface area contributed by atoms with Gasteiger partial charge in [0, 0.05) is 17.2 Å². The van der Waals surface area contributed by atoms with Crippen molar-refractivity contribution in [1.29, 1.82) is 0 Å². The topological polar surface area (TPSA) is 107 Å². The Morgan fingerprint density at radius 2 is 1.97 bits per heavy atom. The van der Waals surface area contributed by atoms with Gasteiger partial charge in [-0.05, 0) is 56.0 Å². The number of nitrogens with zero attached hydrogens (tertiary/aromatic N) is 2. The number of sulfonamides is 1. The minimum atomic E-state index is -3.27. The molecule has 1 aliphatic carbocycles. The quantitative estimate of drug-likeness (QED) is 0.560. The van der Waals surface area contributed by atoms with Crippen molar-refractivity contribution in [1.82, 2.24) is 14.9 Å². The molecular weight excluding hydrogens is 420 g/mol. The summed E-state index contributed by atoms with van der Waals surface area (Å²) in [5.74, 6) is 0.656. The summed E-state index contributed by atoms with van der Waals surface area (Å²) in [6, 6.07) is 11.4. The number of ether oxygens (including phenoxy) is 1. The van der Waals surface area contributed by atoms with Crippen LogP contribution in [-0.4, -0.2) is 31.0 Å². The third-order valence-corrected chi connectivity index (χ3v) is 6.62. The Hall–Kier alpha value is -2.49. The first-order valence-corrected chi connectivity index (χ1v) is 12.4. The highest BCUT2D eigenvalue weighted by atomic mass is 32.2. The highest BCUT2D eigenvalue weighted by Crippen LogP contribution is 2.40. The van der Waals surface area contributed by atoms with Gasteiger partial charge in [-0.2, -0.15) is 0 Å². The summed E-state index contributed by atoms with van der Waals surface area (Å²) in [7, 11) is -3.27. The van der Waals surface area contributed by atoms with E-state index in [2.05, 4.69) is 14.9 Å². The van der Waals surface area contributed by atoms with Crippen LogP contribution in [-0.2, 0) is 16.4 Å². The van der Waals surface area contributed by atoms with Crippen LogP contribution in [0.3, 0.4) is 0 Å². The molecule has 0 fully saturated rings. The normalized spacial score (nSPS) is 16.1. The van der Waals surface area contributed by atoms with Crippen molar-refractivity contribution in [2.75, 3.05) is 12.0 Å². The maximum absolute atomic E-state index is 11.7. The maximum atomic E-state index is 11.7. The smallest absolute Gasteiger partial charge is 0.209 e. The van der Waals surface area contributed by atoms with Crippen LogP contribution in [0.1, 0.15) is 37.4 Å². The van der Waals surface area contributed by atoms with Crippen LogP contribution in [0.4, 0.5) is 5.69 Å². The SMILES string of the molecule is CC(C)Oc1ccc(-c2nnc(-c3cccc4c3CC[C@@H]4NS(C)(=O)=O)s2)cc1N. The summed E-state index contributed by atoms with van der Waals surface area (Å²) < 4.78 is 31.8. The molecule has 9 heteroatoms. The summed E-state index contributed by atoms with van der Waals surface area (Å²) >= 11 is 1.49. The van der Waals surface area contributed by atoms with E-state index in [0.717, 1.165) is 45.1 Å². The van der Waals surface area contributed by atoms with Crippen molar-refractivity contribution < 1.29 is 13.2 Å². The lowest BCUT2D eigenvalue weighted by atomic mass is 10.0. The van der Waals surface area contributed by atoms with Gasteiger partial charge in [0.05, 0.1) is 18.0 Å². The first kappa shape index (κ1) is 20.8. The van der Waals surface area contributed by atoms with Gasteiger partial charge < -0.3 is 10.5 Å². The molecule has 0 radical (unpaired) electrons. The lowest BCUT2D eigenvalue weighted by Gasteiger charge is -2.12. The number of hydrogen-bond donors (Lipinski definition) is 2. The predicted octanol–water partition coefficient (Wildman–Crippen LogP) is 3.78. The highest BCUT2D eigenvalue weighted by Gasteiger charge is 2.28. The molecule has 4 rings (SSSR count). The Morgan fingerprint density at radius 3 is 2.67 bits per heavy atom. The molecule has 0 unspecified atom stereocenters. The molecule has 0 saturated carbocycles. The van der Waals surface area contributed by atoms with E-state index in [1.54, 1.807) is 0 Å². The van der Waals surface area contributed by atoms with Gasteiger partial charge in [0.15, 0.2) is 0 Å². The zero-order valence-corrected chi connectivity index (χ0v) is 18.7. The van der Waals surface area contributed by atoms with Crippen LogP contribution in [0.15, 0.2) is 36.4 Å². The molecule has 7 nitrogen and oxygen atoms in total. The van der Waals surface area contributed by atoms with Gasteiger partial charge in [0.1, 0.15) is 15.8 Å². The van der Waals surface area contributed by atoms with E-state index in [4.69, 9.17) is 10.5 Å². The molecule has 1 heterocycles. The Balaban J connectivity index is 1.64. The second kappa shape index (κ2) is 7.98. The molecule has 0 aliphatic heterocycles. The Labute approximate surface area is 180 Å². The summed E-state index contributed by atoms with van der Waals surface area (Å²) in [6.07, 6.45) is 2.77. The number of rotatable bonds is 6. The van der Waals surface area contributed by atoms with Crippen LogP contribution in [0.5, 0.6) is 5.75 Å². The molecular formula is C21H24N4O3S2. The van der Waals surface area contributed by atoms with Crippen molar-refractivity contribution in [3.63, 3.8) is 0 Å². The zero-order chi connectivity index (χ0) is 21.5. The van der Waals surface area contributed by atoms with E-state index in [9.17, 15) is 8.42 Å². The van der Waals surface area contributed by atoms with Gasteiger partial charge >= 0.3 is 0 Å². The van der Waals surface area contributed by atoms with Gasteiger partial charge in [0.2, 0.25) is 10.0 Å². The van der Waals surface area contributed by atoms with Crippen molar-refractivity contribution in [2.45, 2.75) is 38.8 Å². The molecule has 0 bridgehead atoms. The fourth-order valence-electron chi connectivity index (χ4n) is 3.73. The molecule has 1 aromatic heterocycles. The van der Waals surface area contributed by atoms with Crippen LogP contribution < -0.4 is 15.2 Å². The van der Waals surface area contributed by atoms with Crippen molar-refractivity contribution in [3.8, 4) is 26.9 Å². The van der Waals surface area contributed by atoms with Gasteiger partial charge in [0.25, 0.3) is 0 Å². The predicted molar refractivity (Wildman–Crippen MR) is 120 cm³/mol. The average Bonchev–Trinajstić information content (AvgIpc) is 3.29. The van der Waals surface area contributed by atoms with E-state index in [0.29, 0.717) is 11.4 Å². The third kappa shape index (κ3) is 4.33. The molecule has 158 valence electrons. The second-order valence-corrected chi connectivity index (χ2v) is 10.4. The summed E-state index contributed by atoms with van der Waals surface area (Å²) in [5, 5.41) is 10.3. The van der Waals surface area contributed by atoms with E-state index in [1.807, 2.05) is 50.2 Å². The highest BCUT2D eigenvalue weighted by molar-refractivity contribution is 7.88. The molecule has 0 spiro atoms. The lowest BCUT2D eigenvalue weighted by Crippen LogP contribution is -2.25. The molecule has 1 aliphatic rings. The van der Waals surface area contributed by atoms with Gasteiger partial charge in [-0.3, -0.25) is 0 Å². The monoisotopic (exact) mass is 444 g/mol. The first-order chi connectivity index (χ1) is 14.2. The van der Waals surface area contributed by atoms with Crippen LogP contribution >= 0.6 is 11.3 Å². The summed E-state index contributed by atoms with van der Waals surface area (Å²) in [6.45, 7) is 3.91. The average molecular weight is 445 g/mol. The second-order valence-electron chi connectivity index (χ2n) is 7.69. The minimum Gasteiger partial charge on any atom is -0.489 e. The lowest BCUT2D eigenvalue weighted by molar-refractivity contribution is 0.244. The molecule has 1 atom stereocenters. The fourth-order valence-corrected chi connectivity index (χ4v) is 5.38. The molecule has 0 amide bonds. The fraction of sp³-hybridized carbons (Fsp3) is 0.333. The number of nitrogen functional groups attached to an aromatic ring is 1. The molecule has 0 saturated heterocycles. The largest absolute Gasteiger partial charge is 0.489 e. The number of nitrogens with two attached hydrogens (primary N) is 1. The van der Waals surface area contributed by atoms with Crippen LogP contribution in [0.2, 0.25) is 0 Å². The number of nitrogens with one attached hydrogen (secondary N) is 1. The van der Waals surface area contributed by atoms with Crippen molar-refractivity contribution in [3.05, 3.63) is 47.5 Å². The number of fused-ring (bicyclic) bond motifs is 1. The summed E-state index contributed by atoms with van der Waals surface area (Å²) in [4.78, 5) is 0. The van der Waals surface area contributed by atoms with E-state index >= 15 is 0 Å². The molecule has 3 aromatic rings. The third-order valence-electron chi connectivity index (χ3n) is 4.90. The Kier molecular flexibility index (Phi) is 5.52. The number of anilines is 1. The van der Waals surface area contributed by atoms with E-state index in [1.165, 1.54) is 17.6 Å². The molecule has 30 heavy (non-hydrogen) atoms. The van der Waals surface area contributed by atoms with Crippen molar-refractivity contribution >= 4 is 27.0 Å². The number of aromatic nitrogens is 2. The number of benzene rings is 2. The van der Waals surface area contributed by atoms with E-state index in [-0.39, 0.29) is 12.1 Å². The number of hydrogen-bond acceptors (Lipinski definition) is 7. The van der Waals surface area contributed by atoms with Gasteiger partial charge in [-0.25, -0.2) is 13.1 Å². The standard InChI is InChI=1S/C21H24N4O3S2/c1-12(2)28-19-10-7-13(11-17(19)22)20-23-24-21(29-20)16-6-4-5-15-14(16)8-9-18(15)25-30(3,26)27/h4-7,10-12,18,25H,8-9,22H2,1-3H3/t18-/m0/s1. The molecule has 2 aromatic carbocycles. The van der Waals surface area contributed by atoms with Crippen LogP contribution in [0, 0.1) is 0 Å².